The van der Waals surface area contributed by atoms with Gasteiger partial charge in [0.15, 0.2) is 0 Å². The van der Waals surface area contributed by atoms with Gasteiger partial charge in [0.1, 0.15) is 0 Å². The molecule has 1 heterocycles. The minimum Gasteiger partial charge on any atom is -0.465 e. The highest BCUT2D eigenvalue weighted by Gasteiger charge is 2.24. The average Bonchev–Trinajstić information content (AvgIpc) is 2.66. The Morgan fingerprint density at radius 1 is 1.15 bits per heavy atom. The molecule has 1 saturated heterocycles. The number of carbonyl (C=O) groups is 3. The first-order valence-electron chi connectivity index (χ1n) is 8.27. The monoisotopic (exact) mass is 383 g/mol. The maximum atomic E-state index is 12.4. The van der Waals surface area contributed by atoms with Crippen molar-refractivity contribution in [3.63, 3.8) is 0 Å². The van der Waals surface area contributed by atoms with Crippen LogP contribution in [-0.4, -0.2) is 74.2 Å². The van der Waals surface area contributed by atoms with E-state index in [9.17, 15) is 14.4 Å². The van der Waals surface area contributed by atoms with Crippen LogP contribution in [0.25, 0.3) is 0 Å². The summed E-state index contributed by atoms with van der Waals surface area (Å²) < 4.78 is 9.63. The van der Waals surface area contributed by atoms with E-state index in [4.69, 9.17) is 16.3 Å². The van der Waals surface area contributed by atoms with Crippen LogP contribution in [-0.2, 0) is 14.3 Å². The molecular formula is C17H22ClN3O5. The lowest BCUT2D eigenvalue weighted by Gasteiger charge is -2.34. The number of halogens is 1. The highest BCUT2D eigenvalue weighted by atomic mass is 35.5. The average molecular weight is 384 g/mol. The van der Waals surface area contributed by atoms with Crippen molar-refractivity contribution in [2.24, 2.45) is 0 Å². The number of benzene rings is 1. The molecule has 1 fully saturated rings. The van der Waals surface area contributed by atoms with Gasteiger partial charge < -0.3 is 24.6 Å². The molecule has 1 aromatic carbocycles. The summed E-state index contributed by atoms with van der Waals surface area (Å²) in [5.41, 5.74) is 0.822. The number of nitrogens with one attached hydrogen (secondary N) is 1. The molecule has 1 aliphatic heterocycles. The van der Waals surface area contributed by atoms with Gasteiger partial charge in [0.05, 0.1) is 36.5 Å². The van der Waals surface area contributed by atoms with E-state index in [1.807, 2.05) is 0 Å². The van der Waals surface area contributed by atoms with Gasteiger partial charge in [0, 0.05) is 26.2 Å². The Balaban J connectivity index is 1.88. The fourth-order valence-electron chi connectivity index (χ4n) is 2.54. The first-order valence-corrected chi connectivity index (χ1v) is 8.65. The van der Waals surface area contributed by atoms with Gasteiger partial charge in [0.25, 0.3) is 0 Å². The molecule has 0 atom stereocenters. The highest BCUT2D eigenvalue weighted by molar-refractivity contribution is 6.33. The summed E-state index contributed by atoms with van der Waals surface area (Å²) in [7, 11) is 1.30. The maximum absolute atomic E-state index is 12.4. The lowest BCUT2D eigenvalue weighted by molar-refractivity contribution is -0.130. The predicted octanol–water partition coefficient (Wildman–Crippen LogP) is 1.84. The Hall–Kier alpha value is -2.48. The van der Waals surface area contributed by atoms with Crippen molar-refractivity contribution in [2.75, 3.05) is 51.8 Å². The van der Waals surface area contributed by atoms with Crippen LogP contribution in [0, 0.1) is 0 Å². The lowest BCUT2D eigenvalue weighted by Crippen LogP contribution is -2.51. The Bertz CT molecular complexity index is 674. The molecule has 0 aliphatic carbocycles. The number of hydrogen-bond donors (Lipinski definition) is 1. The zero-order chi connectivity index (χ0) is 19.1. The largest absolute Gasteiger partial charge is 0.465 e. The molecule has 1 aliphatic rings. The molecule has 2 amide bonds. The molecule has 1 N–H and O–H groups in total. The number of piperazine rings is 1. The first-order chi connectivity index (χ1) is 12.5. The molecular weight excluding hydrogens is 362 g/mol. The van der Waals surface area contributed by atoms with Gasteiger partial charge >= 0.3 is 12.1 Å². The van der Waals surface area contributed by atoms with Crippen LogP contribution in [0.4, 0.5) is 10.5 Å². The molecule has 0 aromatic heterocycles. The molecule has 0 saturated carbocycles. The zero-order valence-corrected chi connectivity index (χ0v) is 15.5. The summed E-state index contributed by atoms with van der Waals surface area (Å²) >= 11 is 6.10. The number of esters is 1. The molecule has 1 aromatic rings. The van der Waals surface area contributed by atoms with E-state index < -0.39 is 5.97 Å². The van der Waals surface area contributed by atoms with Crippen molar-refractivity contribution in [3.8, 4) is 0 Å². The Morgan fingerprint density at radius 2 is 1.81 bits per heavy atom. The smallest absolute Gasteiger partial charge is 0.409 e. The SMILES string of the molecule is CCOC(=O)N1CCN(C(=O)CNc2cc(C(=O)OC)ccc2Cl)CC1. The maximum Gasteiger partial charge on any atom is 0.409 e. The molecule has 0 radical (unpaired) electrons. The number of anilines is 1. The first kappa shape index (κ1) is 19.8. The van der Waals surface area contributed by atoms with Crippen molar-refractivity contribution in [2.45, 2.75) is 6.92 Å². The Kier molecular flexibility index (Phi) is 7.08. The van der Waals surface area contributed by atoms with Crippen LogP contribution in [0.3, 0.4) is 0 Å². The number of hydrogen-bond acceptors (Lipinski definition) is 6. The van der Waals surface area contributed by atoms with E-state index >= 15 is 0 Å². The third-order valence-corrected chi connectivity index (χ3v) is 4.31. The van der Waals surface area contributed by atoms with E-state index in [2.05, 4.69) is 10.1 Å². The van der Waals surface area contributed by atoms with Crippen molar-refractivity contribution < 1.29 is 23.9 Å². The Morgan fingerprint density at radius 3 is 2.42 bits per heavy atom. The highest BCUT2D eigenvalue weighted by Crippen LogP contribution is 2.23. The molecule has 8 nitrogen and oxygen atoms in total. The number of ether oxygens (including phenoxy) is 2. The van der Waals surface area contributed by atoms with Crippen LogP contribution < -0.4 is 5.32 Å². The van der Waals surface area contributed by atoms with Crippen molar-refractivity contribution in [1.82, 2.24) is 9.80 Å². The fourth-order valence-corrected chi connectivity index (χ4v) is 2.73. The molecule has 0 unspecified atom stereocenters. The predicted molar refractivity (Wildman–Crippen MR) is 96.5 cm³/mol. The van der Waals surface area contributed by atoms with Crippen molar-refractivity contribution >= 4 is 35.3 Å². The van der Waals surface area contributed by atoms with E-state index in [0.717, 1.165) is 0 Å². The lowest BCUT2D eigenvalue weighted by atomic mass is 10.2. The van der Waals surface area contributed by atoms with Gasteiger partial charge in [-0.2, -0.15) is 0 Å². The van der Waals surface area contributed by atoms with Gasteiger partial charge in [-0.15, -0.1) is 0 Å². The van der Waals surface area contributed by atoms with Crippen LogP contribution in [0.15, 0.2) is 18.2 Å². The summed E-state index contributed by atoms with van der Waals surface area (Å²) in [5, 5.41) is 3.35. The van der Waals surface area contributed by atoms with E-state index in [1.54, 1.807) is 34.9 Å². The van der Waals surface area contributed by atoms with Crippen molar-refractivity contribution in [1.29, 1.82) is 0 Å². The number of rotatable bonds is 5. The third-order valence-electron chi connectivity index (χ3n) is 3.98. The van der Waals surface area contributed by atoms with Gasteiger partial charge in [0.2, 0.25) is 5.91 Å². The fraction of sp³-hybridized carbons (Fsp3) is 0.471. The summed E-state index contributed by atoms with van der Waals surface area (Å²) in [6.07, 6.45) is -0.357. The number of nitrogens with zero attached hydrogens (tertiary/aromatic N) is 2. The van der Waals surface area contributed by atoms with Crippen LogP contribution in [0.1, 0.15) is 17.3 Å². The molecule has 142 valence electrons. The molecule has 0 spiro atoms. The normalized spacial score (nSPS) is 14.0. The topological polar surface area (TPSA) is 88.2 Å². The molecule has 0 bridgehead atoms. The summed E-state index contributed by atoms with van der Waals surface area (Å²) in [4.78, 5) is 38.9. The summed E-state index contributed by atoms with van der Waals surface area (Å²) in [5.74, 6) is -0.598. The van der Waals surface area contributed by atoms with E-state index in [-0.39, 0.29) is 18.5 Å². The van der Waals surface area contributed by atoms with Crippen molar-refractivity contribution in [3.05, 3.63) is 28.8 Å². The van der Waals surface area contributed by atoms with Gasteiger partial charge in [-0.3, -0.25) is 4.79 Å². The van der Waals surface area contributed by atoms with E-state index in [1.165, 1.54) is 7.11 Å². The van der Waals surface area contributed by atoms with Gasteiger partial charge in [-0.05, 0) is 25.1 Å². The van der Waals surface area contributed by atoms with Gasteiger partial charge in [-0.25, -0.2) is 9.59 Å². The minimum absolute atomic E-state index is 0.0315. The summed E-state index contributed by atoms with van der Waals surface area (Å²) in [6, 6.07) is 4.66. The molecule has 9 heteroatoms. The van der Waals surface area contributed by atoms with Crippen LogP contribution in [0.2, 0.25) is 5.02 Å². The van der Waals surface area contributed by atoms with Gasteiger partial charge in [-0.1, -0.05) is 11.6 Å². The zero-order valence-electron chi connectivity index (χ0n) is 14.8. The minimum atomic E-state index is -0.480. The second-order valence-electron chi connectivity index (χ2n) is 5.61. The summed E-state index contributed by atoms with van der Waals surface area (Å²) in [6.45, 7) is 3.86. The number of carbonyl (C=O) groups excluding carboxylic acids is 3. The number of methoxy groups -OCH3 is 1. The van der Waals surface area contributed by atoms with E-state index in [0.29, 0.717) is 49.1 Å². The third kappa shape index (κ3) is 5.01. The van der Waals surface area contributed by atoms with Crippen LogP contribution in [0.5, 0.6) is 0 Å². The molecule has 2 rings (SSSR count). The molecule has 26 heavy (non-hydrogen) atoms. The quantitative estimate of drug-likeness (QED) is 0.780. The number of amides is 2. The second kappa shape index (κ2) is 9.28. The second-order valence-corrected chi connectivity index (χ2v) is 6.01. The standard InChI is InChI=1S/C17H22ClN3O5/c1-3-26-17(24)21-8-6-20(7-9-21)15(22)11-19-14-10-12(16(23)25-2)4-5-13(14)18/h4-5,10,19H,3,6-9,11H2,1-2H3. The Labute approximate surface area is 157 Å². The van der Waals surface area contributed by atoms with Crippen LogP contribution >= 0.6 is 11.6 Å².